The Morgan fingerprint density at radius 1 is 1.09 bits per heavy atom. The molecular formula is C26H28FN7O. The molecule has 1 fully saturated rings. The van der Waals surface area contributed by atoms with Gasteiger partial charge in [0, 0.05) is 48.0 Å². The van der Waals surface area contributed by atoms with E-state index < -0.39 is 11.7 Å². The number of nitrogens with zero attached hydrogens (tertiary/aromatic N) is 3. The molecule has 6 N–H and O–H groups in total. The Morgan fingerprint density at radius 2 is 1.91 bits per heavy atom. The summed E-state index contributed by atoms with van der Waals surface area (Å²) in [6.07, 6.45) is 9.18. The Kier molecular flexibility index (Phi) is 6.08. The van der Waals surface area contributed by atoms with E-state index in [1.807, 2.05) is 25.4 Å². The van der Waals surface area contributed by atoms with Gasteiger partial charge < -0.3 is 26.7 Å². The quantitative estimate of drug-likeness (QED) is 0.331. The number of hydrogen-bond donors (Lipinski definition) is 4. The van der Waals surface area contributed by atoms with Crippen molar-refractivity contribution in [3.8, 4) is 11.1 Å². The molecule has 4 aromatic rings. The van der Waals surface area contributed by atoms with E-state index in [9.17, 15) is 9.18 Å². The minimum Gasteiger partial charge on any atom is -0.365 e. The molecule has 8 nitrogen and oxygen atoms in total. The van der Waals surface area contributed by atoms with Gasteiger partial charge in [-0.2, -0.15) is 0 Å². The molecule has 0 aliphatic heterocycles. The Morgan fingerprint density at radius 3 is 2.71 bits per heavy atom. The fraction of sp³-hybridized carbons (Fsp3) is 0.269. The largest absolute Gasteiger partial charge is 0.365 e. The molecule has 3 heterocycles. The first-order chi connectivity index (χ1) is 16.9. The Hall–Kier alpha value is -3.98. The van der Waals surface area contributed by atoms with Crippen molar-refractivity contribution in [3.05, 3.63) is 66.4 Å². The molecule has 3 aromatic heterocycles. The van der Waals surface area contributed by atoms with Crippen LogP contribution < -0.4 is 22.1 Å². The number of anilines is 3. The predicted octanol–water partition coefficient (Wildman–Crippen LogP) is 4.30. The molecule has 1 saturated carbocycles. The molecule has 2 atom stereocenters. The normalized spacial score (nSPS) is 17.9. The molecule has 0 radical (unpaired) electrons. The maximum atomic E-state index is 14.8. The summed E-state index contributed by atoms with van der Waals surface area (Å²) in [6, 6.07) is 11.1. The number of aromatic nitrogens is 3. The predicted molar refractivity (Wildman–Crippen MR) is 136 cm³/mol. The number of carbonyl (C=O) groups is 1. The standard InChI is InChI=1S/C26H28FN7O/c1-34-9-8-16-10-15(6-7-23(16)34)17-11-18(14-30-13-17)31-25-19(24(29)35)12-20(27)26(33-25)32-22-5-3-2-4-21(22)28/h6-14,21-22H,2-5,28H2,1H3,(H2,29,35)(H2,31,32,33)/t21-,22+/m0/s1. The summed E-state index contributed by atoms with van der Waals surface area (Å²) in [7, 11) is 2.01. The van der Waals surface area contributed by atoms with Crippen LogP contribution in [0.3, 0.4) is 0 Å². The highest BCUT2D eigenvalue weighted by Crippen LogP contribution is 2.29. The van der Waals surface area contributed by atoms with Crippen LogP contribution in [0.5, 0.6) is 0 Å². The molecule has 1 amide bonds. The molecule has 5 rings (SSSR count). The second-order valence-corrected chi connectivity index (χ2v) is 9.07. The first kappa shape index (κ1) is 22.8. The summed E-state index contributed by atoms with van der Waals surface area (Å²) >= 11 is 0. The monoisotopic (exact) mass is 473 g/mol. The Balaban J connectivity index is 1.46. The first-order valence-electron chi connectivity index (χ1n) is 11.7. The van der Waals surface area contributed by atoms with Crippen molar-refractivity contribution < 1.29 is 9.18 Å². The molecule has 0 bridgehead atoms. The van der Waals surface area contributed by atoms with Crippen molar-refractivity contribution in [1.29, 1.82) is 0 Å². The van der Waals surface area contributed by atoms with E-state index in [0.717, 1.165) is 53.8 Å². The van der Waals surface area contributed by atoms with Gasteiger partial charge in [-0.25, -0.2) is 9.37 Å². The lowest BCUT2D eigenvalue weighted by atomic mass is 9.91. The van der Waals surface area contributed by atoms with Crippen LogP contribution in [0.25, 0.3) is 22.0 Å². The Bertz CT molecular complexity index is 1400. The van der Waals surface area contributed by atoms with E-state index in [1.165, 1.54) is 0 Å². The molecule has 0 saturated heterocycles. The lowest BCUT2D eigenvalue weighted by Crippen LogP contribution is -2.43. The van der Waals surface area contributed by atoms with E-state index in [-0.39, 0.29) is 29.3 Å². The molecule has 1 aliphatic rings. The number of halogens is 1. The number of fused-ring (bicyclic) bond motifs is 1. The second kappa shape index (κ2) is 9.34. The van der Waals surface area contributed by atoms with Crippen LogP contribution in [0.1, 0.15) is 36.0 Å². The van der Waals surface area contributed by atoms with Crippen molar-refractivity contribution in [2.75, 3.05) is 10.6 Å². The van der Waals surface area contributed by atoms with Gasteiger partial charge in [0.1, 0.15) is 5.82 Å². The topological polar surface area (TPSA) is 124 Å². The van der Waals surface area contributed by atoms with Gasteiger partial charge in [0.05, 0.1) is 17.4 Å². The molecule has 9 heteroatoms. The lowest BCUT2D eigenvalue weighted by molar-refractivity contribution is 0.100. The van der Waals surface area contributed by atoms with Crippen LogP contribution in [-0.4, -0.2) is 32.5 Å². The highest BCUT2D eigenvalue weighted by atomic mass is 19.1. The zero-order chi connectivity index (χ0) is 24.5. The van der Waals surface area contributed by atoms with Gasteiger partial charge in [0.25, 0.3) is 5.91 Å². The zero-order valence-electron chi connectivity index (χ0n) is 19.5. The van der Waals surface area contributed by atoms with E-state index in [1.54, 1.807) is 12.4 Å². The number of carbonyl (C=O) groups excluding carboxylic acids is 1. The fourth-order valence-electron chi connectivity index (χ4n) is 4.65. The Labute approximate surface area is 202 Å². The van der Waals surface area contributed by atoms with Gasteiger partial charge in [-0.1, -0.05) is 18.9 Å². The van der Waals surface area contributed by atoms with E-state index in [4.69, 9.17) is 11.5 Å². The minimum atomic E-state index is -0.779. The number of nitrogens with one attached hydrogen (secondary N) is 2. The smallest absolute Gasteiger partial charge is 0.252 e. The van der Waals surface area contributed by atoms with Gasteiger partial charge in [0.15, 0.2) is 11.6 Å². The maximum absolute atomic E-state index is 14.8. The molecule has 1 aliphatic carbocycles. The average molecular weight is 474 g/mol. The number of primary amides is 1. The number of rotatable bonds is 6. The lowest BCUT2D eigenvalue weighted by Gasteiger charge is -2.30. The summed E-state index contributed by atoms with van der Waals surface area (Å²) in [5.41, 5.74) is 15.3. The van der Waals surface area contributed by atoms with Gasteiger partial charge >= 0.3 is 0 Å². The third-order valence-corrected chi connectivity index (χ3v) is 6.60. The summed E-state index contributed by atoms with van der Waals surface area (Å²) in [4.78, 5) is 20.8. The highest BCUT2D eigenvalue weighted by Gasteiger charge is 2.24. The van der Waals surface area contributed by atoms with Gasteiger partial charge in [-0.15, -0.1) is 0 Å². The van der Waals surface area contributed by atoms with Crippen LogP contribution in [0, 0.1) is 5.82 Å². The maximum Gasteiger partial charge on any atom is 0.252 e. The molecule has 0 spiro atoms. The van der Waals surface area contributed by atoms with E-state index in [0.29, 0.717) is 5.69 Å². The SMILES string of the molecule is Cn1ccc2cc(-c3cncc(Nc4nc(N[C@@H]5CCCC[C@@H]5N)c(F)cc4C(N)=O)c3)ccc21. The average Bonchev–Trinajstić information content (AvgIpc) is 3.22. The zero-order valence-corrected chi connectivity index (χ0v) is 19.5. The second-order valence-electron chi connectivity index (χ2n) is 9.07. The summed E-state index contributed by atoms with van der Waals surface area (Å²) < 4.78 is 16.9. The van der Waals surface area contributed by atoms with E-state index >= 15 is 0 Å². The van der Waals surface area contributed by atoms with Gasteiger partial charge in [-0.05, 0) is 48.7 Å². The molecule has 1 aromatic carbocycles. The molecule has 180 valence electrons. The summed E-state index contributed by atoms with van der Waals surface area (Å²) in [5, 5.41) is 7.35. The van der Waals surface area contributed by atoms with Gasteiger partial charge in [0.2, 0.25) is 0 Å². The number of aryl methyl sites for hydroxylation is 1. The van der Waals surface area contributed by atoms with Crippen LogP contribution in [-0.2, 0) is 7.05 Å². The van der Waals surface area contributed by atoms with Gasteiger partial charge in [-0.3, -0.25) is 9.78 Å². The minimum absolute atomic E-state index is 0.0403. The van der Waals surface area contributed by atoms with Crippen molar-refractivity contribution >= 4 is 34.1 Å². The number of pyridine rings is 2. The number of amides is 1. The molecule has 0 unspecified atom stereocenters. The summed E-state index contributed by atoms with van der Waals surface area (Å²) in [6.45, 7) is 0. The highest BCUT2D eigenvalue weighted by molar-refractivity contribution is 5.98. The van der Waals surface area contributed by atoms with Crippen LogP contribution in [0.4, 0.5) is 21.7 Å². The van der Waals surface area contributed by atoms with Crippen molar-refractivity contribution in [3.63, 3.8) is 0 Å². The fourth-order valence-corrected chi connectivity index (χ4v) is 4.65. The van der Waals surface area contributed by atoms with Crippen molar-refractivity contribution in [1.82, 2.24) is 14.5 Å². The van der Waals surface area contributed by atoms with Crippen LogP contribution in [0.2, 0.25) is 0 Å². The number of hydrogen-bond acceptors (Lipinski definition) is 6. The van der Waals surface area contributed by atoms with E-state index in [2.05, 4.69) is 43.4 Å². The number of nitrogens with two attached hydrogens (primary N) is 2. The molecular weight excluding hydrogens is 445 g/mol. The number of benzene rings is 1. The van der Waals surface area contributed by atoms with Crippen molar-refractivity contribution in [2.24, 2.45) is 18.5 Å². The van der Waals surface area contributed by atoms with Crippen LogP contribution >= 0.6 is 0 Å². The first-order valence-corrected chi connectivity index (χ1v) is 11.7. The third kappa shape index (κ3) is 4.67. The third-order valence-electron chi connectivity index (χ3n) is 6.60. The molecule has 35 heavy (non-hydrogen) atoms. The van der Waals surface area contributed by atoms with Crippen molar-refractivity contribution in [2.45, 2.75) is 37.8 Å². The van der Waals surface area contributed by atoms with Crippen LogP contribution in [0.15, 0.2) is 55.0 Å². The summed E-state index contributed by atoms with van der Waals surface area (Å²) in [5.74, 6) is -1.23.